The van der Waals surface area contributed by atoms with E-state index in [9.17, 15) is 0 Å². The molecular formula is C14H20N4O. The third-order valence-corrected chi connectivity index (χ3v) is 3.03. The summed E-state index contributed by atoms with van der Waals surface area (Å²) in [6, 6.07) is 6.10. The summed E-state index contributed by atoms with van der Waals surface area (Å²) in [4.78, 5) is 7.23. The Morgan fingerprint density at radius 2 is 2.05 bits per heavy atom. The molecule has 0 spiro atoms. The topological polar surface area (TPSA) is 76.0 Å². The summed E-state index contributed by atoms with van der Waals surface area (Å²) in [5.41, 5.74) is 5.63. The van der Waals surface area contributed by atoms with Crippen LogP contribution in [0.4, 0.5) is 5.95 Å². The lowest BCUT2D eigenvalue weighted by molar-refractivity contribution is 0.397. The highest BCUT2D eigenvalue weighted by atomic mass is 16.5. The third-order valence-electron chi connectivity index (χ3n) is 3.03. The fourth-order valence-electron chi connectivity index (χ4n) is 2.00. The Hall–Kier alpha value is -2.01. The number of methoxy groups -OCH3 is 1. The second-order valence-electron chi connectivity index (χ2n) is 5.45. The Morgan fingerprint density at radius 3 is 2.58 bits per heavy atom. The van der Waals surface area contributed by atoms with Gasteiger partial charge < -0.3 is 9.72 Å². The number of hydrogen-bond donors (Lipinski definition) is 3. The van der Waals surface area contributed by atoms with E-state index in [0.717, 1.165) is 22.6 Å². The Bertz CT molecular complexity index is 569. The first kappa shape index (κ1) is 13.4. The molecule has 0 atom stereocenters. The number of nitrogens with one attached hydrogen (secondary N) is 2. The van der Waals surface area contributed by atoms with Crippen LogP contribution >= 0.6 is 0 Å². The lowest BCUT2D eigenvalue weighted by Gasteiger charge is -2.22. The van der Waals surface area contributed by atoms with Crippen molar-refractivity contribution in [2.75, 3.05) is 12.5 Å². The number of anilines is 1. The maximum atomic E-state index is 5.43. The number of nitrogen functional groups attached to an aromatic ring is 1. The fraction of sp³-hybridized carbons (Fsp3) is 0.357. The van der Waals surface area contributed by atoms with Crippen molar-refractivity contribution in [1.82, 2.24) is 9.97 Å². The highest BCUT2D eigenvalue weighted by Crippen LogP contribution is 2.34. The molecule has 2 rings (SSSR count). The van der Waals surface area contributed by atoms with Crippen LogP contribution in [-0.2, 0) is 5.41 Å². The summed E-state index contributed by atoms with van der Waals surface area (Å²) in [5, 5.41) is 0. The van der Waals surface area contributed by atoms with Crippen molar-refractivity contribution in [1.29, 1.82) is 0 Å². The normalized spacial score (nSPS) is 11.4. The Labute approximate surface area is 113 Å². The van der Waals surface area contributed by atoms with Crippen molar-refractivity contribution in [3.05, 3.63) is 30.0 Å². The van der Waals surface area contributed by atoms with E-state index < -0.39 is 0 Å². The number of nitrogens with zero attached hydrogens (tertiary/aromatic N) is 1. The van der Waals surface area contributed by atoms with Gasteiger partial charge in [-0.15, -0.1) is 0 Å². The molecule has 0 unspecified atom stereocenters. The molecule has 0 aliphatic heterocycles. The summed E-state index contributed by atoms with van der Waals surface area (Å²) in [6.45, 7) is 6.48. The highest BCUT2D eigenvalue weighted by molar-refractivity contribution is 5.64. The van der Waals surface area contributed by atoms with Crippen LogP contribution in [0, 0.1) is 0 Å². The molecule has 1 aromatic carbocycles. The first-order chi connectivity index (χ1) is 8.95. The predicted octanol–water partition coefficient (Wildman–Crippen LogP) is 2.67. The fourth-order valence-corrected chi connectivity index (χ4v) is 2.00. The number of aromatic nitrogens is 2. The summed E-state index contributed by atoms with van der Waals surface area (Å²) < 4.78 is 5.43. The van der Waals surface area contributed by atoms with Crippen LogP contribution in [0.15, 0.2) is 24.4 Å². The summed E-state index contributed by atoms with van der Waals surface area (Å²) in [5.74, 6) is 6.76. The number of H-pyrrole nitrogens is 1. The van der Waals surface area contributed by atoms with Crippen LogP contribution in [0.5, 0.6) is 5.75 Å². The first-order valence-corrected chi connectivity index (χ1v) is 6.16. The van der Waals surface area contributed by atoms with E-state index in [1.54, 1.807) is 13.3 Å². The third kappa shape index (κ3) is 2.71. The van der Waals surface area contributed by atoms with Gasteiger partial charge in [-0.25, -0.2) is 10.8 Å². The molecule has 19 heavy (non-hydrogen) atoms. The zero-order valence-electron chi connectivity index (χ0n) is 11.7. The molecule has 1 aromatic heterocycles. The standard InChI is InChI=1S/C14H20N4O/c1-14(2,3)10-7-9(5-6-12(10)19-4)11-8-16-13(17-11)18-15/h5-8H,15H2,1-4H3,(H2,16,17,18). The second-order valence-corrected chi connectivity index (χ2v) is 5.45. The highest BCUT2D eigenvalue weighted by Gasteiger charge is 2.19. The van der Waals surface area contributed by atoms with E-state index in [-0.39, 0.29) is 5.41 Å². The molecule has 5 nitrogen and oxygen atoms in total. The van der Waals surface area contributed by atoms with Crippen molar-refractivity contribution in [2.24, 2.45) is 5.84 Å². The van der Waals surface area contributed by atoms with Gasteiger partial charge in [0.05, 0.1) is 19.0 Å². The number of rotatable bonds is 3. The number of ether oxygens (including phenoxy) is 1. The van der Waals surface area contributed by atoms with Gasteiger partial charge in [0.15, 0.2) is 0 Å². The summed E-state index contributed by atoms with van der Waals surface area (Å²) >= 11 is 0. The summed E-state index contributed by atoms with van der Waals surface area (Å²) in [6.07, 6.45) is 1.75. The van der Waals surface area contributed by atoms with E-state index in [2.05, 4.69) is 42.2 Å². The molecule has 0 aliphatic rings. The van der Waals surface area contributed by atoms with Crippen LogP contribution in [0.1, 0.15) is 26.3 Å². The van der Waals surface area contributed by atoms with Crippen molar-refractivity contribution < 1.29 is 4.74 Å². The van der Waals surface area contributed by atoms with Crippen LogP contribution in [0.2, 0.25) is 0 Å². The number of hydrogen-bond acceptors (Lipinski definition) is 4. The zero-order valence-corrected chi connectivity index (χ0v) is 11.7. The van der Waals surface area contributed by atoms with Crippen LogP contribution in [0.3, 0.4) is 0 Å². The van der Waals surface area contributed by atoms with Crippen LogP contribution < -0.4 is 16.0 Å². The molecule has 0 saturated heterocycles. The maximum absolute atomic E-state index is 5.43. The van der Waals surface area contributed by atoms with Gasteiger partial charge in [-0.2, -0.15) is 0 Å². The minimum Gasteiger partial charge on any atom is -0.496 e. The molecule has 2 aromatic rings. The molecule has 0 bridgehead atoms. The molecule has 0 saturated carbocycles. The number of benzene rings is 1. The minimum absolute atomic E-state index is 0.0102. The van der Waals surface area contributed by atoms with E-state index >= 15 is 0 Å². The molecule has 1 heterocycles. The Kier molecular flexibility index (Phi) is 3.48. The van der Waals surface area contributed by atoms with E-state index in [4.69, 9.17) is 10.6 Å². The number of hydrazine groups is 1. The predicted molar refractivity (Wildman–Crippen MR) is 77.1 cm³/mol. The van der Waals surface area contributed by atoms with Crippen LogP contribution in [-0.4, -0.2) is 17.1 Å². The second kappa shape index (κ2) is 4.93. The first-order valence-electron chi connectivity index (χ1n) is 6.16. The lowest BCUT2D eigenvalue weighted by Crippen LogP contribution is -2.13. The van der Waals surface area contributed by atoms with Crippen molar-refractivity contribution >= 4 is 5.95 Å². The summed E-state index contributed by atoms with van der Waals surface area (Å²) in [7, 11) is 1.69. The van der Waals surface area contributed by atoms with E-state index in [1.165, 1.54) is 0 Å². The van der Waals surface area contributed by atoms with Gasteiger partial charge in [0, 0.05) is 11.1 Å². The monoisotopic (exact) mass is 260 g/mol. The van der Waals surface area contributed by atoms with Gasteiger partial charge in [0.2, 0.25) is 5.95 Å². The number of aromatic amines is 1. The van der Waals surface area contributed by atoms with Gasteiger partial charge in [0.1, 0.15) is 5.75 Å². The van der Waals surface area contributed by atoms with Gasteiger partial charge in [-0.05, 0) is 23.6 Å². The molecular weight excluding hydrogens is 240 g/mol. The molecule has 0 amide bonds. The average molecular weight is 260 g/mol. The smallest absolute Gasteiger partial charge is 0.215 e. The van der Waals surface area contributed by atoms with Gasteiger partial charge >= 0.3 is 0 Å². The molecule has 0 fully saturated rings. The number of imidazole rings is 1. The van der Waals surface area contributed by atoms with E-state index in [0.29, 0.717) is 5.95 Å². The van der Waals surface area contributed by atoms with Crippen molar-refractivity contribution in [3.8, 4) is 17.0 Å². The van der Waals surface area contributed by atoms with Crippen molar-refractivity contribution in [2.45, 2.75) is 26.2 Å². The van der Waals surface area contributed by atoms with Crippen molar-refractivity contribution in [3.63, 3.8) is 0 Å². The molecule has 0 radical (unpaired) electrons. The molecule has 5 heteroatoms. The van der Waals surface area contributed by atoms with Gasteiger partial charge in [-0.3, -0.25) is 5.43 Å². The minimum atomic E-state index is 0.0102. The SMILES string of the molecule is COc1ccc(-c2cnc(NN)[nH]2)cc1C(C)(C)C. The van der Waals surface area contributed by atoms with Crippen LogP contribution in [0.25, 0.3) is 11.3 Å². The largest absolute Gasteiger partial charge is 0.496 e. The number of nitrogens with two attached hydrogens (primary N) is 1. The van der Waals surface area contributed by atoms with Gasteiger partial charge in [-0.1, -0.05) is 20.8 Å². The molecule has 0 aliphatic carbocycles. The quantitative estimate of drug-likeness (QED) is 0.586. The molecule has 4 N–H and O–H groups in total. The lowest BCUT2D eigenvalue weighted by atomic mass is 9.85. The maximum Gasteiger partial charge on any atom is 0.215 e. The van der Waals surface area contributed by atoms with E-state index in [1.807, 2.05) is 12.1 Å². The zero-order chi connectivity index (χ0) is 14.0. The Morgan fingerprint density at radius 1 is 1.32 bits per heavy atom. The van der Waals surface area contributed by atoms with Gasteiger partial charge in [0.25, 0.3) is 0 Å². The molecule has 102 valence electrons. The Balaban J connectivity index is 2.48. The average Bonchev–Trinajstić information content (AvgIpc) is 2.85.